The summed E-state index contributed by atoms with van der Waals surface area (Å²) in [5.41, 5.74) is 7.50. The van der Waals surface area contributed by atoms with E-state index in [0.29, 0.717) is 23.9 Å². The number of benzene rings is 3. The van der Waals surface area contributed by atoms with Crippen molar-refractivity contribution in [2.75, 3.05) is 14.2 Å². The number of methoxy groups -OCH3 is 2. The lowest BCUT2D eigenvalue weighted by molar-refractivity contribution is 0.284. The molecule has 0 unspecified atom stereocenters. The van der Waals surface area contributed by atoms with Gasteiger partial charge in [-0.15, -0.1) is 11.3 Å². The lowest BCUT2D eigenvalue weighted by Gasteiger charge is -2.14. The van der Waals surface area contributed by atoms with Crippen molar-refractivity contribution in [2.24, 2.45) is 10.1 Å². The first kappa shape index (κ1) is 21.7. The number of hydrogen-bond donors (Lipinski definition) is 1. The summed E-state index contributed by atoms with van der Waals surface area (Å²) in [4.78, 5) is 5.85. The van der Waals surface area contributed by atoms with Gasteiger partial charge < -0.3 is 14.2 Å². The fourth-order valence-corrected chi connectivity index (χ4v) is 4.32. The van der Waals surface area contributed by atoms with Gasteiger partial charge in [0.15, 0.2) is 17.3 Å². The second-order valence-corrected chi connectivity index (χ2v) is 8.48. The molecular formula is C27H23N3O3S. The molecule has 1 aliphatic heterocycles. The third-order valence-electron chi connectivity index (χ3n) is 5.39. The van der Waals surface area contributed by atoms with Gasteiger partial charge in [0.25, 0.3) is 0 Å². The number of rotatable bonds is 7. The fraction of sp³-hybridized carbons (Fsp3) is 0.111. The van der Waals surface area contributed by atoms with E-state index in [4.69, 9.17) is 24.3 Å². The van der Waals surface area contributed by atoms with Crippen LogP contribution in [0, 0.1) is 0 Å². The normalized spacial score (nSPS) is 12.5. The number of aliphatic imine (C=N–C) groups is 1. The molecule has 170 valence electrons. The lowest BCUT2D eigenvalue weighted by atomic mass is 10.00. The summed E-state index contributed by atoms with van der Waals surface area (Å²) in [6.07, 6.45) is 0. The molecule has 0 amide bonds. The van der Waals surface area contributed by atoms with Crippen LogP contribution >= 0.6 is 11.3 Å². The molecule has 1 aliphatic rings. The van der Waals surface area contributed by atoms with E-state index < -0.39 is 0 Å². The van der Waals surface area contributed by atoms with Crippen LogP contribution in [-0.2, 0) is 6.61 Å². The minimum Gasteiger partial charge on any atom is -0.497 e. The summed E-state index contributed by atoms with van der Waals surface area (Å²) < 4.78 is 17.2. The highest BCUT2D eigenvalue weighted by Gasteiger charge is 2.20. The Bertz CT molecular complexity index is 1350. The molecule has 1 aromatic heterocycles. The maximum Gasteiger partial charge on any atom is 0.164 e. The smallest absolute Gasteiger partial charge is 0.164 e. The maximum atomic E-state index is 6.03. The average Bonchev–Trinajstić information content (AvgIpc) is 3.36. The van der Waals surface area contributed by atoms with Crippen molar-refractivity contribution in [3.63, 3.8) is 0 Å². The van der Waals surface area contributed by atoms with Crippen molar-refractivity contribution < 1.29 is 14.2 Å². The number of nitrogens with zero attached hydrogens (tertiary/aromatic N) is 2. The molecule has 0 saturated carbocycles. The van der Waals surface area contributed by atoms with Gasteiger partial charge in [0, 0.05) is 11.1 Å². The van der Waals surface area contributed by atoms with Crippen LogP contribution in [0.3, 0.4) is 0 Å². The summed E-state index contributed by atoms with van der Waals surface area (Å²) >= 11 is 1.61. The molecule has 7 heteroatoms. The largest absolute Gasteiger partial charge is 0.497 e. The summed E-state index contributed by atoms with van der Waals surface area (Å²) in [6, 6.07) is 25.7. The van der Waals surface area contributed by atoms with Crippen LogP contribution in [0.2, 0.25) is 0 Å². The van der Waals surface area contributed by atoms with Crippen molar-refractivity contribution in [1.29, 1.82) is 0 Å². The number of fused-ring (bicyclic) bond motifs is 1. The van der Waals surface area contributed by atoms with Crippen LogP contribution in [0.1, 0.15) is 21.6 Å². The van der Waals surface area contributed by atoms with E-state index in [1.807, 2.05) is 84.2 Å². The van der Waals surface area contributed by atoms with Gasteiger partial charge in [-0.1, -0.05) is 36.4 Å². The predicted octanol–water partition coefficient (Wildman–Crippen LogP) is 5.78. The molecule has 1 N–H and O–H groups in total. The van der Waals surface area contributed by atoms with Gasteiger partial charge in [0.1, 0.15) is 18.1 Å². The topological polar surface area (TPSA) is 64.4 Å². The minimum absolute atomic E-state index is 0.455. The standard InChI is InChI=1S/C27H23N3O3S/c1-31-20-11-12-22-21(16-20)26(29-30-27(28-22)25-9-6-14-34-25)19-10-13-23(24(15-19)32-2)33-17-18-7-4-3-5-8-18/h3-16H,17H2,1-2H3,(H,28,30). The SMILES string of the molecule is COc1ccc2c(c1)C(c1ccc(OCc3ccccc3)c(OC)c1)=NNC(c1cccs1)=N2. The van der Waals surface area contributed by atoms with E-state index in [-0.39, 0.29) is 0 Å². The fourth-order valence-electron chi connectivity index (χ4n) is 3.66. The third kappa shape index (κ3) is 4.51. The number of thiophene rings is 1. The Labute approximate surface area is 202 Å². The van der Waals surface area contributed by atoms with Gasteiger partial charge in [-0.05, 0) is 53.4 Å². The highest BCUT2D eigenvalue weighted by Crippen LogP contribution is 2.34. The van der Waals surface area contributed by atoms with Crippen LogP contribution in [0.25, 0.3) is 0 Å². The molecule has 0 bridgehead atoms. The molecule has 0 spiro atoms. The van der Waals surface area contributed by atoms with Gasteiger partial charge in [-0.25, -0.2) is 4.99 Å². The van der Waals surface area contributed by atoms with Crippen molar-refractivity contribution >= 4 is 28.6 Å². The zero-order valence-electron chi connectivity index (χ0n) is 18.8. The maximum absolute atomic E-state index is 6.03. The summed E-state index contributed by atoms with van der Waals surface area (Å²) in [6.45, 7) is 0.455. The molecule has 2 heterocycles. The lowest BCUT2D eigenvalue weighted by Crippen LogP contribution is -2.18. The van der Waals surface area contributed by atoms with Gasteiger partial charge >= 0.3 is 0 Å². The van der Waals surface area contributed by atoms with E-state index in [0.717, 1.165) is 38.7 Å². The van der Waals surface area contributed by atoms with Gasteiger partial charge in [0.2, 0.25) is 0 Å². The molecule has 34 heavy (non-hydrogen) atoms. The Kier molecular flexibility index (Phi) is 6.27. The van der Waals surface area contributed by atoms with Gasteiger partial charge in [0.05, 0.1) is 24.8 Å². The summed E-state index contributed by atoms with van der Waals surface area (Å²) in [5, 5.41) is 6.75. The van der Waals surface area contributed by atoms with Gasteiger partial charge in [-0.3, -0.25) is 5.43 Å². The van der Waals surface area contributed by atoms with Crippen LogP contribution < -0.4 is 19.6 Å². The first-order valence-corrected chi connectivity index (χ1v) is 11.6. The predicted molar refractivity (Wildman–Crippen MR) is 136 cm³/mol. The van der Waals surface area contributed by atoms with Crippen LogP contribution in [0.15, 0.2) is 94.3 Å². The minimum atomic E-state index is 0.455. The van der Waals surface area contributed by atoms with Crippen molar-refractivity contribution in [2.45, 2.75) is 6.61 Å². The number of nitrogens with one attached hydrogen (secondary N) is 1. The van der Waals surface area contributed by atoms with Crippen molar-refractivity contribution in [3.8, 4) is 17.2 Å². The molecule has 6 nitrogen and oxygen atoms in total. The summed E-state index contributed by atoms with van der Waals surface area (Å²) in [5.74, 6) is 2.73. The second kappa shape index (κ2) is 9.80. The molecule has 4 aromatic rings. The van der Waals surface area contributed by atoms with Crippen LogP contribution in [-0.4, -0.2) is 25.8 Å². The Morgan fingerprint density at radius 2 is 1.74 bits per heavy atom. The van der Waals surface area contributed by atoms with E-state index in [2.05, 4.69) is 5.43 Å². The average molecular weight is 470 g/mol. The first-order valence-electron chi connectivity index (χ1n) is 10.7. The number of hydrazone groups is 1. The highest BCUT2D eigenvalue weighted by atomic mass is 32.1. The first-order chi connectivity index (χ1) is 16.7. The zero-order chi connectivity index (χ0) is 23.3. The van der Waals surface area contributed by atoms with Crippen LogP contribution in [0.4, 0.5) is 5.69 Å². The molecule has 0 atom stereocenters. The van der Waals surface area contributed by atoms with Crippen molar-refractivity contribution in [1.82, 2.24) is 5.43 Å². The molecule has 0 saturated heterocycles. The number of amidine groups is 1. The molecule has 0 fully saturated rings. The van der Waals surface area contributed by atoms with E-state index in [1.54, 1.807) is 25.6 Å². The Morgan fingerprint density at radius 1 is 0.853 bits per heavy atom. The number of hydrogen-bond acceptors (Lipinski definition) is 7. The summed E-state index contributed by atoms with van der Waals surface area (Å²) in [7, 11) is 3.28. The van der Waals surface area contributed by atoms with E-state index in [9.17, 15) is 0 Å². The van der Waals surface area contributed by atoms with Crippen LogP contribution in [0.5, 0.6) is 17.2 Å². The van der Waals surface area contributed by atoms with Crippen molar-refractivity contribution in [3.05, 3.63) is 106 Å². The van der Waals surface area contributed by atoms with E-state index in [1.165, 1.54) is 0 Å². The molecular weight excluding hydrogens is 446 g/mol. The molecule has 5 rings (SSSR count). The second-order valence-electron chi connectivity index (χ2n) is 7.53. The molecule has 0 radical (unpaired) electrons. The molecule has 0 aliphatic carbocycles. The quantitative estimate of drug-likeness (QED) is 0.373. The third-order valence-corrected chi connectivity index (χ3v) is 6.27. The number of ether oxygens (including phenoxy) is 3. The Balaban J connectivity index is 1.51. The highest BCUT2D eigenvalue weighted by molar-refractivity contribution is 7.12. The van der Waals surface area contributed by atoms with Gasteiger partial charge in [-0.2, -0.15) is 5.10 Å². The molecule has 3 aromatic carbocycles. The zero-order valence-corrected chi connectivity index (χ0v) is 19.6. The monoisotopic (exact) mass is 469 g/mol. The Morgan fingerprint density at radius 3 is 2.50 bits per heavy atom. The van der Waals surface area contributed by atoms with E-state index >= 15 is 0 Å². The Hall–Kier alpha value is -4.10.